The van der Waals surface area contributed by atoms with Crippen LogP contribution in [0.2, 0.25) is 0 Å². The zero-order chi connectivity index (χ0) is 14.9. The van der Waals surface area contributed by atoms with Crippen molar-refractivity contribution in [3.63, 3.8) is 0 Å². The minimum atomic E-state index is 0.681. The van der Waals surface area contributed by atoms with Gasteiger partial charge in [-0.15, -0.1) is 11.8 Å². The van der Waals surface area contributed by atoms with Gasteiger partial charge in [0.25, 0.3) is 0 Å². The molecule has 0 heterocycles. The van der Waals surface area contributed by atoms with E-state index in [9.17, 15) is 0 Å². The molecule has 1 N–H and O–H groups in total. The minimum absolute atomic E-state index is 0.681. The summed E-state index contributed by atoms with van der Waals surface area (Å²) in [6, 6.07) is 11.5. The second-order valence-electron chi connectivity index (χ2n) is 6.30. The molecule has 1 fully saturated rings. The van der Waals surface area contributed by atoms with Gasteiger partial charge in [-0.05, 0) is 43.4 Å². The summed E-state index contributed by atoms with van der Waals surface area (Å²) < 4.78 is 0. The summed E-state index contributed by atoms with van der Waals surface area (Å²) in [6.45, 7) is 5.81. The van der Waals surface area contributed by atoms with E-state index in [4.69, 9.17) is 0 Å². The molecule has 0 bridgehead atoms. The predicted octanol–water partition coefficient (Wildman–Crippen LogP) is 5.36. The standard InChI is InChI=1S/C19H31NS/c1-3-14-20-19(15-21-17-11-6-5-7-12-17)18-13-9-8-10-16(18)4-2/h5-7,11-12,16,18-20H,3-4,8-10,13-15H2,1-2H3. The smallest absolute Gasteiger partial charge is 0.0192 e. The lowest BCUT2D eigenvalue weighted by molar-refractivity contribution is 0.185. The number of rotatable bonds is 8. The molecule has 0 spiro atoms. The highest BCUT2D eigenvalue weighted by Crippen LogP contribution is 2.36. The Bertz CT molecular complexity index is 378. The summed E-state index contributed by atoms with van der Waals surface area (Å²) in [4.78, 5) is 1.41. The van der Waals surface area contributed by atoms with Crippen LogP contribution in [0.3, 0.4) is 0 Å². The monoisotopic (exact) mass is 305 g/mol. The number of hydrogen-bond donors (Lipinski definition) is 1. The second-order valence-corrected chi connectivity index (χ2v) is 7.39. The van der Waals surface area contributed by atoms with Crippen molar-refractivity contribution < 1.29 is 0 Å². The average molecular weight is 306 g/mol. The maximum absolute atomic E-state index is 3.85. The average Bonchev–Trinajstić information content (AvgIpc) is 2.56. The van der Waals surface area contributed by atoms with Gasteiger partial charge in [0, 0.05) is 16.7 Å². The number of benzene rings is 1. The molecule has 1 aromatic carbocycles. The summed E-state index contributed by atoms with van der Waals surface area (Å²) in [5, 5.41) is 3.85. The molecule has 0 amide bonds. The van der Waals surface area contributed by atoms with E-state index in [2.05, 4.69) is 49.5 Å². The first-order chi connectivity index (χ1) is 10.3. The van der Waals surface area contributed by atoms with Crippen molar-refractivity contribution in [2.45, 2.75) is 63.3 Å². The van der Waals surface area contributed by atoms with Gasteiger partial charge >= 0.3 is 0 Å². The third kappa shape index (κ3) is 5.34. The topological polar surface area (TPSA) is 12.0 Å². The van der Waals surface area contributed by atoms with Crippen LogP contribution in [0.25, 0.3) is 0 Å². The van der Waals surface area contributed by atoms with Crippen LogP contribution in [0.1, 0.15) is 52.4 Å². The zero-order valence-electron chi connectivity index (χ0n) is 13.7. The van der Waals surface area contributed by atoms with Gasteiger partial charge in [0.2, 0.25) is 0 Å². The van der Waals surface area contributed by atoms with E-state index in [1.165, 1.54) is 49.2 Å². The Hall–Kier alpha value is -0.470. The Labute approximate surface area is 135 Å². The van der Waals surface area contributed by atoms with E-state index in [1.807, 2.05) is 11.8 Å². The quantitative estimate of drug-likeness (QED) is 0.649. The Balaban J connectivity index is 1.95. The molecule has 0 aromatic heterocycles. The van der Waals surface area contributed by atoms with Crippen LogP contribution in [0.5, 0.6) is 0 Å². The lowest BCUT2D eigenvalue weighted by atomic mass is 9.74. The van der Waals surface area contributed by atoms with Crippen molar-refractivity contribution in [1.29, 1.82) is 0 Å². The molecule has 118 valence electrons. The van der Waals surface area contributed by atoms with Gasteiger partial charge in [-0.2, -0.15) is 0 Å². The molecule has 3 atom stereocenters. The van der Waals surface area contributed by atoms with Crippen LogP contribution < -0.4 is 5.32 Å². The lowest BCUT2D eigenvalue weighted by Crippen LogP contribution is -2.43. The summed E-state index contributed by atoms with van der Waals surface area (Å²) in [5.41, 5.74) is 0. The van der Waals surface area contributed by atoms with E-state index in [0.29, 0.717) is 6.04 Å². The van der Waals surface area contributed by atoms with Gasteiger partial charge in [-0.1, -0.05) is 57.7 Å². The first-order valence-electron chi connectivity index (χ1n) is 8.76. The molecular formula is C19H31NS. The summed E-state index contributed by atoms with van der Waals surface area (Å²) in [7, 11) is 0. The molecule has 21 heavy (non-hydrogen) atoms. The molecule has 1 saturated carbocycles. The van der Waals surface area contributed by atoms with E-state index < -0.39 is 0 Å². The fraction of sp³-hybridized carbons (Fsp3) is 0.684. The van der Waals surface area contributed by atoms with Crippen LogP contribution in [0, 0.1) is 11.8 Å². The molecule has 0 aliphatic heterocycles. The van der Waals surface area contributed by atoms with E-state index in [0.717, 1.165) is 18.4 Å². The van der Waals surface area contributed by atoms with E-state index in [-0.39, 0.29) is 0 Å². The summed E-state index contributed by atoms with van der Waals surface area (Å²) in [6.07, 6.45) is 8.33. The van der Waals surface area contributed by atoms with Crippen LogP contribution >= 0.6 is 11.8 Å². The molecule has 1 aliphatic rings. The predicted molar refractivity (Wildman–Crippen MR) is 95.0 cm³/mol. The molecule has 1 aliphatic carbocycles. The van der Waals surface area contributed by atoms with Gasteiger partial charge in [0.1, 0.15) is 0 Å². The highest BCUT2D eigenvalue weighted by Gasteiger charge is 2.30. The molecule has 3 unspecified atom stereocenters. The SMILES string of the molecule is CCCNC(CSc1ccccc1)C1CCCCC1CC. The van der Waals surface area contributed by atoms with E-state index in [1.54, 1.807) is 0 Å². The molecule has 1 nitrogen and oxygen atoms in total. The maximum Gasteiger partial charge on any atom is 0.0192 e. The summed E-state index contributed by atoms with van der Waals surface area (Å²) >= 11 is 2.02. The van der Waals surface area contributed by atoms with Crippen molar-refractivity contribution in [2.24, 2.45) is 11.8 Å². The summed E-state index contributed by atoms with van der Waals surface area (Å²) in [5.74, 6) is 3.03. The van der Waals surface area contributed by atoms with Gasteiger partial charge in [-0.25, -0.2) is 0 Å². The van der Waals surface area contributed by atoms with Crippen LogP contribution in [0.15, 0.2) is 35.2 Å². The number of nitrogens with one attached hydrogen (secondary N) is 1. The number of hydrogen-bond acceptors (Lipinski definition) is 2. The molecule has 1 aromatic rings. The van der Waals surface area contributed by atoms with Crippen molar-refractivity contribution >= 4 is 11.8 Å². The third-order valence-corrected chi connectivity index (χ3v) is 5.97. The fourth-order valence-electron chi connectivity index (χ4n) is 3.64. The highest BCUT2D eigenvalue weighted by molar-refractivity contribution is 7.99. The van der Waals surface area contributed by atoms with Gasteiger partial charge in [0.05, 0.1) is 0 Å². The van der Waals surface area contributed by atoms with Crippen LogP contribution in [-0.2, 0) is 0 Å². The fourth-order valence-corrected chi connectivity index (χ4v) is 4.73. The molecule has 0 radical (unpaired) electrons. The zero-order valence-corrected chi connectivity index (χ0v) is 14.5. The molecular weight excluding hydrogens is 274 g/mol. The minimum Gasteiger partial charge on any atom is -0.313 e. The largest absolute Gasteiger partial charge is 0.313 e. The maximum atomic E-state index is 3.85. The van der Waals surface area contributed by atoms with Gasteiger partial charge in [-0.3, -0.25) is 0 Å². The number of thioether (sulfide) groups is 1. The molecule has 2 rings (SSSR count). The molecule has 2 heteroatoms. The Kier molecular flexibility index (Phi) is 7.66. The molecule has 0 saturated heterocycles. The van der Waals surface area contributed by atoms with Crippen molar-refractivity contribution in [1.82, 2.24) is 5.32 Å². The van der Waals surface area contributed by atoms with Crippen LogP contribution in [0.4, 0.5) is 0 Å². The second kappa shape index (κ2) is 9.53. The van der Waals surface area contributed by atoms with Crippen LogP contribution in [-0.4, -0.2) is 18.3 Å². The van der Waals surface area contributed by atoms with Crippen molar-refractivity contribution in [3.8, 4) is 0 Å². The van der Waals surface area contributed by atoms with Gasteiger partial charge in [0.15, 0.2) is 0 Å². The normalized spacial score (nSPS) is 23.9. The first-order valence-corrected chi connectivity index (χ1v) is 9.75. The van der Waals surface area contributed by atoms with Crippen molar-refractivity contribution in [2.75, 3.05) is 12.3 Å². The van der Waals surface area contributed by atoms with Crippen molar-refractivity contribution in [3.05, 3.63) is 30.3 Å². The third-order valence-electron chi connectivity index (χ3n) is 4.84. The van der Waals surface area contributed by atoms with E-state index >= 15 is 0 Å². The lowest BCUT2D eigenvalue weighted by Gasteiger charge is -2.37. The Morgan fingerprint density at radius 2 is 1.90 bits per heavy atom. The highest BCUT2D eigenvalue weighted by atomic mass is 32.2. The Morgan fingerprint density at radius 1 is 1.14 bits per heavy atom. The van der Waals surface area contributed by atoms with Gasteiger partial charge < -0.3 is 5.32 Å². The first kappa shape index (κ1) is 16.9. The Morgan fingerprint density at radius 3 is 2.62 bits per heavy atom.